The van der Waals surface area contributed by atoms with Gasteiger partial charge in [0.15, 0.2) is 0 Å². The van der Waals surface area contributed by atoms with Crippen LogP contribution >= 0.6 is 23.1 Å². The molecule has 0 N–H and O–H groups in total. The third-order valence-corrected chi connectivity index (χ3v) is 12.5. The smallest absolute Gasteiger partial charge is 0.410 e. The number of hydrogen-bond acceptors (Lipinski definition) is 6. The Morgan fingerprint density at radius 2 is 1.40 bits per heavy atom. The van der Waals surface area contributed by atoms with Gasteiger partial charge >= 0.3 is 6.09 Å². The van der Waals surface area contributed by atoms with Gasteiger partial charge in [-0.2, -0.15) is 0 Å². The summed E-state index contributed by atoms with van der Waals surface area (Å²) in [5.41, 5.74) is 5.69. The lowest BCUT2D eigenvalue weighted by molar-refractivity contribution is 0.0194. The zero-order chi connectivity index (χ0) is 36.8. The molecular weight excluding hydrogens is 695 g/mol. The summed E-state index contributed by atoms with van der Waals surface area (Å²) >= 11 is 3.22. The molecule has 0 unspecified atom stereocenters. The molecule has 2 heterocycles. The molecule has 1 aromatic heterocycles. The molecule has 1 aliphatic rings. The second kappa shape index (κ2) is 16.0. The zero-order valence-corrected chi connectivity index (χ0v) is 32.1. The molecule has 0 saturated carbocycles. The topological polar surface area (TPSA) is 62.7 Å². The lowest BCUT2D eigenvalue weighted by atomic mass is 9.84. The van der Waals surface area contributed by atoms with Crippen LogP contribution in [0, 0.1) is 0 Å². The minimum absolute atomic E-state index is 0.0440. The molecule has 270 valence electrons. The van der Waals surface area contributed by atoms with Crippen molar-refractivity contribution in [2.45, 2.75) is 55.3 Å². The molecule has 0 radical (unpaired) electrons. The number of hydrogen-bond donors (Lipinski definition) is 0. The first-order chi connectivity index (χ1) is 25.7. The Morgan fingerprint density at radius 1 is 0.811 bits per heavy atom. The van der Waals surface area contributed by atoms with Gasteiger partial charge in [0.25, 0.3) is 5.91 Å². The number of benzene rings is 5. The molecule has 6 nitrogen and oxygen atoms in total. The first-order valence-electron chi connectivity index (χ1n) is 18.2. The van der Waals surface area contributed by atoms with Crippen LogP contribution < -0.4 is 0 Å². The average molecular weight is 740 g/mol. The van der Waals surface area contributed by atoms with E-state index in [1.54, 1.807) is 11.7 Å². The van der Waals surface area contributed by atoms with E-state index in [4.69, 9.17) is 4.74 Å². The number of thioether (sulfide) groups is 1. The van der Waals surface area contributed by atoms with Gasteiger partial charge in [0.1, 0.15) is 10.5 Å². The lowest BCUT2D eigenvalue weighted by Crippen LogP contribution is -2.50. The van der Waals surface area contributed by atoms with Crippen LogP contribution in [0.3, 0.4) is 0 Å². The summed E-state index contributed by atoms with van der Waals surface area (Å²) in [6.45, 7) is 7.07. The number of nitrogens with zero attached hydrogens (tertiary/aromatic N) is 3. The highest BCUT2D eigenvalue weighted by Gasteiger charge is 2.47. The van der Waals surface area contributed by atoms with E-state index in [9.17, 15) is 9.59 Å². The summed E-state index contributed by atoms with van der Waals surface area (Å²) in [7, 11) is 0. The minimum Gasteiger partial charge on any atom is -0.444 e. The van der Waals surface area contributed by atoms with Crippen LogP contribution in [0.4, 0.5) is 4.79 Å². The van der Waals surface area contributed by atoms with Crippen molar-refractivity contribution < 1.29 is 14.3 Å². The van der Waals surface area contributed by atoms with Crippen molar-refractivity contribution in [3.63, 3.8) is 0 Å². The standard InChI is InChI=1S/C45H45N3O3S2/c1-44(2,3)51-43(50)48-29-27-40(53-45(35-19-7-4-8-20-35,36-21-9-5-10-22-36)37-23-11-6-12-24-37)39(48)31-47(42(49)41-30-46-32-52-41)28-26-34-18-15-17-33-16-13-14-25-38(33)34/h4-25,30,32,39-40H,26-29,31H2,1-3H3/t39-,40-/m1/s1. The summed E-state index contributed by atoms with van der Waals surface area (Å²) in [5.74, 6) is -0.0760. The van der Waals surface area contributed by atoms with E-state index in [2.05, 4.69) is 138 Å². The Kier molecular flexibility index (Phi) is 11.0. The van der Waals surface area contributed by atoms with Crippen LogP contribution in [0.15, 0.2) is 145 Å². The van der Waals surface area contributed by atoms with Gasteiger partial charge in [-0.15, -0.1) is 23.1 Å². The number of carbonyl (C=O) groups is 2. The molecule has 6 aromatic rings. The number of thiazole rings is 1. The highest BCUT2D eigenvalue weighted by molar-refractivity contribution is 8.01. The zero-order valence-electron chi connectivity index (χ0n) is 30.4. The van der Waals surface area contributed by atoms with Crippen molar-refractivity contribution in [2.24, 2.45) is 0 Å². The van der Waals surface area contributed by atoms with E-state index >= 15 is 0 Å². The van der Waals surface area contributed by atoms with E-state index in [1.165, 1.54) is 27.7 Å². The molecule has 2 amide bonds. The number of carbonyl (C=O) groups excluding carboxylic acids is 2. The highest BCUT2D eigenvalue weighted by Crippen LogP contribution is 2.52. The van der Waals surface area contributed by atoms with Crippen molar-refractivity contribution in [3.05, 3.63) is 172 Å². The highest BCUT2D eigenvalue weighted by atomic mass is 32.2. The molecule has 0 spiro atoms. The van der Waals surface area contributed by atoms with Crippen LogP contribution in [0.2, 0.25) is 0 Å². The number of fused-ring (bicyclic) bond motifs is 1. The number of aromatic nitrogens is 1. The summed E-state index contributed by atoms with van der Waals surface area (Å²) < 4.78 is 5.45. The maximum absolute atomic E-state index is 14.4. The van der Waals surface area contributed by atoms with E-state index in [0.717, 1.165) is 23.1 Å². The van der Waals surface area contributed by atoms with Crippen molar-refractivity contribution >= 4 is 45.9 Å². The molecule has 5 aromatic carbocycles. The quantitative estimate of drug-likeness (QED) is 0.124. The first kappa shape index (κ1) is 36.4. The molecule has 1 aliphatic heterocycles. The average Bonchev–Trinajstić information content (AvgIpc) is 3.86. The number of rotatable bonds is 11. The molecule has 1 fully saturated rings. The number of amides is 2. The van der Waals surface area contributed by atoms with Gasteiger partial charge in [-0.3, -0.25) is 9.78 Å². The maximum atomic E-state index is 14.4. The number of likely N-dealkylation sites (tertiary alicyclic amines) is 1. The second-order valence-corrected chi connectivity index (χ2v) is 16.8. The van der Waals surface area contributed by atoms with Crippen LogP contribution in [0.5, 0.6) is 0 Å². The van der Waals surface area contributed by atoms with Gasteiger partial charge in [0.05, 0.1) is 22.5 Å². The monoisotopic (exact) mass is 739 g/mol. The fourth-order valence-corrected chi connectivity index (χ4v) is 9.89. The summed E-state index contributed by atoms with van der Waals surface area (Å²) in [6, 6.07) is 46.3. The third-order valence-electron chi connectivity index (χ3n) is 9.85. The summed E-state index contributed by atoms with van der Waals surface area (Å²) in [6.07, 6.45) is 2.71. The van der Waals surface area contributed by atoms with Gasteiger partial charge in [-0.1, -0.05) is 133 Å². The Bertz CT molecular complexity index is 2020. The fourth-order valence-electron chi connectivity index (χ4n) is 7.42. The van der Waals surface area contributed by atoms with Crippen LogP contribution in [-0.2, 0) is 15.9 Å². The van der Waals surface area contributed by atoms with Crippen LogP contribution in [-0.4, -0.2) is 63.3 Å². The normalized spacial score (nSPS) is 16.1. The van der Waals surface area contributed by atoms with Crippen molar-refractivity contribution in [2.75, 3.05) is 19.6 Å². The largest absolute Gasteiger partial charge is 0.444 e. The van der Waals surface area contributed by atoms with Crippen molar-refractivity contribution in [1.82, 2.24) is 14.8 Å². The molecule has 7 rings (SSSR count). The Morgan fingerprint density at radius 3 is 1.98 bits per heavy atom. The van der Waals surface area contributed by atoms with Gasteiger partial charge in [-0.25, -0.2) is 4.79 Å². The minimum atomic E-state index is -0.665. The van der Waals surface area contributed by atoms with Gasteiger partial charge in [0, 0.05) is 24.9 Å². The first-order valence-corrected chi connectivity index (χ1v) is 20.0. The van der Waals surface area contributed by atoms with Crippen molar-refractivity contribution in [1.29, 1.82) is 0 Å². The van der Waals surface area contributed by atoms with Crippen LogP contribution in [0.25, 0.3) is 10.8 Å². The number of ether oxygens (including phenoxy) is 1. The van der Waals surface area contributed by atoms with Crippen molar-refractivity contribution in [3.8, 4) is 0 Å². The van der Waals surface area contributed by atoms with Gasteiger partial charge in [-0.05, 0) is 66.6 Å². The van der Waals surface area contributed by atoms with E-state index in [0.29, 0.717) is 30.9 Å². The third kappa shape index (κ3) is 8.04. The van der Waals surface area contributed by atoms with Gasteiger partial charge in [0.2, 0.25) is 0 Å². The van der Waals surface area contributed by atoms with Crippen LogP contribution in [0.1, 0.15) is 59.1 Å². The van der Waals surface area contributed by atoms with Gasteiger partial charge < -0.3 is 14.5 Å². The summed E-state index contributed by atoms with van der Waals surface area (Å²) in [5, 5.41) is 2.31. The van der Waals surface area contributed by atoms with E-state index in [-0.39, 0.29) is 23.3 Å². The molecule has 8 heteroatoms. The maximum Gasteiger partial charge on any atom is 0.410 e. The Hall–Kier alpha value is -4.92. The molecule has 0 aliphatic carbocycles. The van der Waals surface area contributed by atoms with E-state index < -0.39 is 10.3 Å². The Balaban J connectivity index is 1.30. The summed E-state index contributed by atoms with van der Waals surface area (Å²) in [4.78, 5) is 37.1. The molecule has 1 saturated heterocycles. The fraction of sp³-hybridized carbons (Fsp3) is 0.267. The van der Waals surface area contributed by atoms with E-state index in [1.807, 2.05) is 42.3 Å². The predicted molar refractivity (Wildman–Crippen MR) is 218 cm³/mol. The Labute approximate surface area is 320 Å². The lowest BCUT2D eigenvalue weighted by Gasteiger charge is -2.40. The predicted octanol–water partition coefficient (Wildman–Crippen LogP) is 10.1. The molecular formula is C45H45N3O3S2. The molecule has 0 bridgehead atoms. The molecule has 53 heavy (non-hydrogen) atoms. The molecule has 2 atom stereocenters. The second-order valence-electron chi connectivity index (χ2n) is 14.5. The SMILES string of the molecule is CC(C)(C)OC(=O)N1CC[C@@H](SC(c2ccccc2)(c2ccccc2)c2ccccc2)[C@H]1CN(CCc1cccc2ccccc12)C(=O)c1cncs1.